The zero-order valence-electron chi connectivity index (χ0n) is 12.2. The summed E-state index contributed by atoms with van der Waals surface area (Å²) in [5, 5.41) is 0.231. The van der Waals surface area contributed by atoms with Crippen LogP contribution in [0.5, 0.6) is 0 Å². The van der Waals surface area contributed by atoms with Gasteiger partial charge in [0.2, 0.25) is 0 Å². The Hall–Kier alpha value is -1.86. The summed E-state index contributed by atoms with van der Waals surface area (Å²) in [6, 6.07) is 6.04. The van der Waals surface area contributed by atoms with E-state index in [0.717, 1.165) is 6.42 Å². The monoisotopic (exact) mass is 354 g/mol. The van der Waals surface area contributed by atoms with Crippen LogP contribution in [-0.4, -0.2) is 44.3 Å². The Kier molecular flexibility index (Phi) is 4.16. The van der Waals surface area contributed by atoms with Crippen LogP contribution in [0.3, 0.4) is 0 Å². The average molecular weight is 355 g/mol. The third kappa shape index (κ3) is 2.98. The standard InChI is InChI=1S/C15H15ClN2O4S/c1-10(16)9-22-15(19)12-6-4-8-18(12)14-11-5-2-3-7-13(11)23(20,21)17-14/h2-3,5,7,12H,1,4,6,8-9H2/t12-/m0/s1. The first-order valence-electron chi connectivity index (χ1n) is 7.11. The fraction of sp³-hybridized carbons (Fsp3) is 0.333. The van der Waals surface area contributed by atoms with Gasteiger partial charge in [-0.25, -0.2) is 4.79 Å². The van der Waals surface area contributed by atoms with Crippen molar-refractivity contribution in [1.82, 2.24) is 4.90 Å². The molecule has 0 aromatic heterocycles. The van der Waals surface area contributed by atoms with Crippen molar-refractivity contribution in [2.75, 3.05) is 13.2 Å². The normalized spacial score (nSPS) is 21.7. The molecule has 122 valence electrons. The van der Waals surface area contributed by atoms with Gasteiger partial charge in [0, 0.05) is 17.1 Å². The summed E-state index contributed by atoms with van der Waals surface area (Å²) < 4.78 is 33.3. The molecule has 1 aromatic carbocycles. The Bertz CT molecular complexity index is 803. The first-order chi connectivity index (χ1) is 10.9. The van der Waals surface area contributed by atoms with E-state index in [1.807, 2.05) is 0 Å². The highest BCUT2D eigenvalue weighted by Crippen LogP contribution is 2.31. The van der Waals surface area contributed by atoms with Crippen LogP contribution in [0.4, 0.5) is 0 Å². The number of carbonyl (C=O) groups is 1. The molecular formula is C15H15ClN2O4S. The van der Waals surface area contributed by atoms with Gasteiger partial charge in [-0.1, -0.05) is 30.3 Å². The maximum absolute atomic E-state index is 12.2. The number of rotatable bonds is 3. The smallest absolute Gasteiger partial charge is 0.329 e. The Balaban J connectivity index is 1.89. The van der Waals surface area contributed by atoms with Crippen molar-refractivity contribution in [3.63, 3.8) is 0 Å². The van der Waals surface area contributed by atoms with E-state index in [4.69, 9.17) is 16.3 Å². The summed E-state index contributed by atoms with van der Waals surface area (Å²) in [7, 11) is -3.71. The molecule has 23 heavy (non-hydrogen) atoms. The third-order valence-electron chi connectivity index (χ3n) is 3.78. The maximum Gasteiger partial charge on any atom is 0.329 e. The predicted octanol–water partition coefficient (Wildman–Crippen LogP) is 1.90. The Morgan fingerprint density at radius 1 is 1.43 bits per heavy atom. The van der Waals surface area contributed by atoms with Crippen molar-refractivity contribution in [3.05, 3.63) is 41.4 Å². The van der Waals surface area contributed by atoms with Gasteiger partial charge in [-0.05, 0) is 25.0 Å². The van der Waals surface area contributed by atoms with Gasteiger partial charge in [0.05, 0.1) is 0 Å². The zero-order valence-corrected chi connectivity index (χ0v) is 13.8. The first kappa shape index (κ1) is 16.0. The second kappa shape index (κ2) is 5.98. The largest absolute Gasteiger partial charge is 0.458 e. The van der Waals surface area contributed by atoms with Gasteiger partial charge in [-0.2, -0.15) is 8.42 Å². The Labute approximate surface area is 139 Å². The van der Waals surface area contributed by atoms with E-state index in [9.17, 15) is 13.2 Å². The lowest BCUT2D eigenvalue weighted by molar-refractivity contribution is -0.146. The summed E-state index contributed by atoms with van der Waals surface area (Å²) in [5.41, 5.74) is 0.522. The van der Waals surface area contributed by atoms with Crippen LogP contribution >= 0.6 is 11.6 Å². The molecule has 0 N–H and O–H groups in total. The zero-order chi connectivity index (χ0) is 16.6. The Morgan fingerprint density at radius 3 is 2.91 bits per heavy atom. The van der Waals surface area contributed by atoms with Crippen LogP contribution in [0.15, 0.2) is 45.2 Å². The minimum Gasteiger partial charge on any atom is -0.458 e. The van der Waals surface area contributed by atoms with Gasteiger partial charge in [-0.15, -0.1) is 4.40 Å². The highest BCUT2D eigenvalue weighted by molar-refractivity contribution is 7.90. The van der Waals surface area contributed by atoms with Crippen molar-refractivity contribution in [1.29, 1.82) is 0 Å². The highest BCUT2D eigenvalue weighted by Gasteiger charge is 2.39. The predicted molar refractivity (Wildman–Crippen MR) is 85.8 cm³/mol. The fourth-order valence-corrected chi connectivity index (χ4v) is 4.08. The number of likely N-dealkylation sites (tertiary alicyclic amines) is 1. The number of nitrogens with zero attached hydrogens (tertiary/aromatic N) is 2. The molecule has 1 atom stereocenters. The molecule has 8 heteroatoms. The number of fused-ring (bicyclic) bond motifs is 1. The summed E-state index contributed by atoms with van der Waals surface area (Å²) in [5.74, 6) is -0.140. The van der Waals surface area contributed by atoms with Crippen molar-refractivity contribution in [2.45, 2.75) is 23.8 Å². The summed E-state index contributed by atoms with van der Waals surface area (Å²) in [4.78, 5) is 14.1. The number of esters is 1. The lowest BCUT2D eigenvalue weighted by atomic mass is 10.1. The molecule has 0 amide bonds. The van der Waals surface area contributed by atoms with Crippen LogP contribution in [0.1, 0.15) is 18.4 Å². The van der Waals surface area contributed by atoms with Gasteiger partial charge >= 0.3 is 5.97 Å². The van der Waals surface area contributed by atoms with E-state index in [0.29, 0.717) is 24.4 Å². The maximum atomic E-state index is 12.2. The molecule has 2 aliphatic heterocycles. The van der Waals surface area contributed by atoms with Gasteiger partial charge in [-0.3, -0.25) is 0 Å². The fourth-order valence-electron chi connectivity index (χ4n) is 2.81. The SMILES string of the molecule is C=C(Cl)COC(=O)[C@@H]1CCCN1C1=NS(=O)(=O)c2ccccc21. The molecule has 1 saturated heterocycles. The molecule has 0 spiro atoms. The number of hydrogen-bond acceptors (Lipinski definition) is 5. The molecule has 6 nitrogen and oxygen atoms in total. The lowest BCUT2D eigenvalue weighted by Crippen LogP contribution is -2.41. The van der Waals surface area contributed by atoms with Crippen molar-refractivity contribution < 1.29 is 17.9 Å². The van der Waals surface area contributed by atoms with Crippen LogP contribution in [0, 0.1) is 0 Å². The first-order valence-corrected chi connectivity index (χ1v) is 8.93. The molecule has 0 bridgehead atoms. The topological polar surface area (TPSA) is 76.0 Å². The molecule has 2 aliphatic rings. The molecule has 0 unspecified atom stereocenters. The number of halogens is 1. The van der Waals surface area contributed by atoms with E-state index in [1.165, 1.54) is 6.07 Å². The van der Waals surface area contributed by atoms with Crippen molar-refractivity contribution in [3.8, 4) is 0 Å². The number of ether oxygens (including phenoxy) is 1. The summed E-state index contributed by atoms with van der Waals surface area (Å²) in [6.07, 6.45) is 1.33. The second-order valence-electron chi connectivity index (χ2n) is 5.36. The van der Waals surface area contributed by atoms with Gasteiger partial charge in [0.15, 0.2) is 5.84 Å². The van der Waals surface area contributed by atoms with Crippen LogP contribution in [0.2, 0.25) is 0 Å². The molecular weight excluding hydrogens is 340 g/mol. The van der Waals surface area contributed by atoms with E-state index in [-0.39, 0.29) is 16.5 Å². The lowest BCUT2D eigenvalue weighted by Gasteiger charge is -2.24. The molecule has 1 aromatic rings. The number of benzene rings is 1. The van der Waals surface area contributed by atoms with Gasteiger partial charge in [0.1, 0.15) is 17.5 Å². The minimum atomic E-state index is -3.71. The molecule has 0 radical (unpaired) electrons. The molecule has 2 heterocycles. The van der Waals surface area contributed by atoms with Crippen LogP contribution < -0.4 is 0 Å². The number of carbonyl (C=O) groups excluding carboxylic acids is 1. The van der Waals surface area contributed by atoms with Crippen LogP contribution in [-0.2, 0) is 19.6 Å². The molecule has 1 fully saturated rings. The minimum absolute atomic E-state index is 0.0634. The number of amidine groups is 1. The molecule has 0 saturated carbocycles. The number of hydrogen-bond donors (Lipinski definition) is 0. The van der Waals surface area contributed by atoms with E-state index in [2.05, 4.69) is 11.0 Å². The summed E-state index contributed by atoms with van der Waals surface area (Å²) in [6.45, 7) is 3.95. The highest BCUT2D eigenvalue weighted by atomic mass is 35.5. The van der Waals surface area contributed by atoms with E-state index >= 15 is 0 Å². The average Bonchev–Trinajstić information content (AvgIpc) is 3.08. The number of sulfonamides is 1. The van der Waals surface area contributed by atoms with Crippen molar-refractivity contribution in [2.24, 2.45) is 4.40 Å². The molecule has 0 aliphatic carbocycles. The second-order valence-corrected chi connectivity index (χ2v) is 7.47. The van der Waals surface area contributed by atoms with Gasteiger partial charge < -0.3 is 9.64 Å². The molecule has 3 rings (SSSR count). The Morgan fingerprint density at radius 2 is 2.17 bits per heavy atom. The van der Waals surface area contributed by atoms with Gasteiger partial charge in [0.25, 0.3) is 10.0 Å². The van der Waals surface area contributed by atoms with E-state index in [1.54, 1.807) is 23.1 Å². The van der Waals surface area contributed by atoms with Crippen LogP contribution in [0.25, 0.3) is 0 Å². The van der Waals surface area contributed by atoms with E-state index < -0.39 is 22.0 Å². The summed E-state index contributed by atoms with van der Waals surface area (Å²) >= 11 is 5.61. The van der Waals surface area contributed by atoms with Crippen molar-refractivity contribution >= 4 is 33.4 Å². The quantitative estimate of drug-likeness (QED) is 0.775. The third-order valence-corrected chi connectivity index (χ3v) is 5.21.